The van der Waals surface area contributed by atoms with Crippen LogP contribution in [-0.4, -0.2) is 23.1 Å². The smallest absolute Gasteiger partial charge is 0.697 e. The van der Waals surface area contributed by atoms with Gasteiger partial charge in [-0.1, -0.05) is 0 Å². The third-order valence-electron chi connectivity index (χ3n) is 0.379. The van der Waals surface area contributed by atoms with Gasteiger partial charge in [0.2, 0.25) is 0 Å². The van der Waals surface area contributed by atoms with Crippen molar-refractivity contribution in [2.45, 2.75) is 0 Å². The maximum atomic E-state index is 5.25. The first-order valence-electron chi connectivity index (χ1n) is 1.68. The minimum absolute atomic E-state index is 0. The van der Waals surface area contributed by atoms with Crippen molar-refractivity contribution in [3.8, 4) is 6.42 Å². The van der Waals surface area contributed by atoms with Crippen LogP contribution in [0, 0.1) is 18.2 Å². The van der Waals surface area contributed by atoms with E-state index in [4.69, 9.17) is 6.42 Å². The second kappa shape index (κ2) is 15.8. The largest absolute Gasteiger partial charge is 2.00 e. The Labute approximate surface area is 82.2 Å². The van der Waals surface area contributed by atoms with E-state index >= 15 is 0 Å². The van der Waals surface area contributed by atoms with Crippen molar-refractivity contribution in [3.05, 3.63) is 29.3 Å². The summed E-state index contributed by atoms with van der Waals surface area (Å²) >= 11 is 1.59. The molecule has 0 aromatic carbocycles. The molecule has 1 heterocycles. The van der Waals surface area contributed by atoms with E-state index in [1.54, 1.807) is 11.3 Å². The van der Waals surface area contributed by atoms with Gasteiger partial charge in [0, 0.05) is 0 Å². The molecule has 1 rings (SSSR count). The Morgan fingerprint density at radius 1 is 1.44 bits per heavy atom. The molecule has 0 aliphatic rings. The monoisotopic (exact) mass is 168 g/mol. The summed E-state index contributed by atoms with van der Waals surface area (Å²) in [7, 11) is 0. The molecule has 0 radical (unpaired) electrons. The minimum atomic E-state index is 0. The average molecular weight is 169 g/mol. The van der Waals surface area contributed by atoms with E-state index in [0.717, 1.165) is 0 Å². The van der Waals surface area contributed by atoms with Crippen LogP contribution in [0.15, 0.2) is 17.5 Å². The quantitative estimate of drug-likeness (QED) is 0.315. The van der Waals surface area contributed by atoms with Crippen LogP contribution < -0.4 is 0 Å². The fourth-order valence-electron chi connectivity index (χ4n) is 0.196. The van der Waals surface area contributed by atoms with Crippen molar-refractivity contribution in [2.24, 2.45) is 0 Å². The number of halogens is 1. The molecular weight excluding hydrogens is 164 g/mol. The van der Waals surface area contributed by atoms with Crippen molar-refractivity contribution in [2.75, 3.05) is 0 Å². The summed E-state index contributed by atoms with van der Waals surface area (Å²) in [6.45, 7) is 0. The molecule has 0 amide bonds. The Balaban J connectivity index is -0.0000000836. The van der Waals surface area contributed by atoms with Gasteiger partial charge >= 0.3 is 23.1 Å². The standard InChI is InChI=1S/C4H3S.C2H.ClH.Mg/c1-2-4-5-3-1;1-2;;/h1-3H;1H;1H;/q2*-1;;+2. The Kier molecular flexibility index (Phi) is 28.3. The Hall–Kier alpha value is 0.316. The minimum Gasteiger partial charge on any atom is -0.697 e. The second-order valence-electron chi connectivity index (χ2n) is 0.731. The number of thiophene rings is 1. The molecule has 0 bridgehead atoms. The molecule has 0 N–H and O–H groups in total. The van der Waals surface area contributed by atoms with E-state index in [2.05, 4.69) is 11.8 Å². The van der Waals surface area contributed by atoms with Crippen LogP contribution in [0.25, 0.3) is 0 Å². The van der Waals surface area contributed by atoms with Crippen LogP contribution in [0.4, 0.5) is 0 Å². The number of hydrogen-bond donors (Lipinski definition) is 0. The first-order valence-corrected chi connectivity index (χ1v) is 2.56. The third-order valence-corrected chi connectivity index (χ3v) is 0.944. The van der Waals surface area contributed by atoms with Crippen LogP contribution in [-0.2, 0) is 0 Å². The summed E-state index contributed by atoms with van der Waals surface area (Å²) in [6, 6.07) is 3.86. The average Bonchev–Trinajstić information content (AvgIpc) is 2.23. The van der Waals surface area contributed by atoms with Gasteiger partial charge in [-0.2, -0.15) is 11.4 Å². The molecule has 0 atom stereocenters. The Bertz CT molecular complexity index is 96.6. The zero-order chi connectivity index (χ0) is 5.54. The normalized spacial score (nSPS) is 4.67. The topological polar surface area (TPSA) is 0 Å². The van der Waals surface area contributed by atoms with Crippen molar-refractivity contribution >= 4 is 46.8 Å². The summed E-state index contributed by atoms with van der Waals surface area (Å²) in [5, 5.41) is 4.89. The summed E-state index contributed by atoms with van der Waals surface area (Å²) in [6.07, 6.45) is 9.00. The fraction of sp³-hybridized carbons (Fsp3) is 0. The van der Waals surface area contributed by atoms with Gasteiger partial charge in [0.15, 0.2) is 0 Å². The van der Waals surface area contributed by atoms with Crippen molar-refractivity contribution in [1.29, 1.82) is 0 Å². The molecule has 0 spiro atoms. The zero-order valence-corrected chi connectivity index (χ0v) is 7.88. The predicted octanol–water partition coefficient (Wildman–Crippen LogP) is 1.80. The summed E-state index contributed by atoms with van der Waals surface area (Å²) in [5.74, 6) is 0. The molecular formula is C6H5ClMgS. The molecule has 1 aromatic heterocycles. The Morgan fingerprint density at radius 3 is 2.11 bits per heavy atom. The maximum Gasteiger partial charge on any atom is 2.00 e. The molecule has 0 aliphatic carbocycles. The second-order valence-corrected chi connectivity index (χ2v) is 1.47. The van der Waals surface area contributed by atoms with Gasteiger partial charge < -0.3 is 24.2 Å². The van der Waals surface area contributed by atoms with Crippen molar-refractivity contribution < 1.29 is 0 Å². The predicted molar refractivity (Wildman–Crippen MR) is 44.3 cm³/mol. The van der Waals surface area contributed by atoms with E-state index in [9.17, 15) is 0 Å². The molecule has 0 saturated heterocycles. The first kappa shape index (κ1) is 16.2. The molecule has 1 aromatic rings. The molecule has 3 heteroatoms. The SMILES string of the molecule is Cl.[C-]#C.[Mg+2].[c-]1cccs1. The van der Waals surface area contributed by atoms with E-state index in [1.807, 2.05) is 17.5 Å². The fourth-order valence-corrected chi connectivity index (χ4v) is 0.589. The molecule has 0 fully saturated rings. The van der Waals surface area contributed by atoms with Crippen LogP contribution in [0.5, 0.6) is 0 Å². The van der Waals surface area contributed by atoms with Crippen molar-refractivity contribution in [3.63, 3.8) is 0 Å². The molecule has 0 nitrogen and oxygen atoms in total. The van der Waals surface area contributed by atoms with Crippen LogP contribution >= 0.6 is 23.7 Å². The van der Waals surface area contributed by atoms with Crippen LogP contribution in [0.1, 0.15) is 0 Å². The van der Waals surface area contributed by atoms with Crippen LogP contribution in [0.3, 0.4) is 0 Å². The molecule has 0 saturated carbocycles. The summed E-state index contributed by atoms with van der Waals surface area (Å²) in [4.78, 5) is 0. The van der Waals surface area contributed by atoms with E-state index < -0.39 is 0 Å². The van der Waals surface area contributed by atoms with E-state index in [-0.39, 0.29) is 35.5 Å². The van der Waals surface area contributed by atoms with Gasteiger partial charge in [-0.3, -0.25) is 0 Å². The van der Waals surface area contributed by atoms with Gasteiger partial charge in [-0.15, -0.1) is 17.8 Å². The van der Waals surface area contributed by atoms with Crippen LogP contribution in [0.2, 0.25) is 0 Å². The first-order chi connectivity index (χ1) is 3.50. The molecule has 0 aliphatic heterocycles. The van der Waals surface area contributed by atoms with E-state index in [1.165, 1.54) is 0 Å². The van der Waals surface area contributed by atoms with Gasteiger partial charge in [0.25, 0.3) is 0 Å². The number of rotatable bonds is 0. The maximum absolute atomic E-state index is 5.25. The number of terminal acetylenes is 1. The number of hydrogen-bond acceptors (Lipinski definition) is 1. The van der Waals surface area contributed by atoms with Crippen molar-refractivity contribution in [1.82, 2.24) is 0 Å². The Morgan fingerprint density at radius 2 is 2.00 bits per heavy atom. The van der Waals surface area contributed by atoms with E-state index in [0.29, 0.717) is 0 Å². The summed E-state index contributed by atoms with van der Waals surface area (Å²) in [5.41, 5.74) is 0. The van der Waals surface area contributed by atoms with Gasteiger partial charge in [-0.25, -0.2) is 6.07 Å². The third kappa shape index (κ3) is 11.7. The van der Waals surface area contributed by atoms with Gasteiger partial charge in [0.05, 0.1) is 0 Å². The molecule has 44 valence electrons. The van der Waals surface area contributed by atoms with Gasteiger partial charge in [-0.05, 0) is 0 Å². The van der Waals surface area contributed by atoms with Gasteiger partial charge in [0.1, 0.15) is 0 Å². The molecule has 9 heavy (non-hydrogen) atoms. The summed E-state index contributed by atoms with van der Waals surface area (Å²) < 4.78 is 0. The molecule has 0 unspecified atom stereocenters. The zero-order valence-electron chi connectivity index (χ0n) is 4.83.